The van der Waals surface area contributed by atoms with Gasteiger partial charge in [-0.1, -0.05) is 13.0 Å². The standard InChI is InChI=1S/C14H20N4/c1-4-15-9-13-6-5-7-14(16-13)10-18-12(3)8-11(2)17-18/h5-8,15H,4,9-10H2,1-3H3. The maximum absolute atomic E-state index is 4.63. The number of aromatic nitrogens is 3. The van der Waals surface area contributed by atoms with Crippen molar-refractivity contribution in [1.29, 1.82) is 0 Å². The van der Waals surface area contributed by atoms with Gasteiger partial charge in [-0.2, -0.15) is 5.10 Å². The molecule has 1 N–H and O–H groups in total. The highest BCUT2D eigenvalue weighted by molar-refractivity contribution is 5.13. The fourth-order valence-corrected chi connectivity index (χ4v) is 1.96. The van der Waals surface area contributed by atoms with Crippen molar-refractivity contribution < 1.29 is 0 Å². The van der Waals surface area contributed by atoms with Crippen molar-refractivity contribution in [2.45, 2.75) is 33.9 Å². The maximum Gasteiger partial charge on any atom is 0.0834 e. The largest absolute Gasteiger partial charge is 0.311 e. The molecule has 4 heteroatoms. The van der Waals surface area contributed by atoms with E-state index >= 15 is 0 Å². The second-order valence-corrected chi connectivity index (χ2v) is 4.49. The Morgan fingerprint density at radius 1 is 1.22 bits per heavy atom. The molecule has 0 fully saturated rings. The van der Waals surface area contributed by atoms with E-state index in [2.05, 4.69) is 41.4 Å². The molecule has 0 radical (unpaired) electrons. The van der Waals surface area contributed by atoms with Crippen molar-refractivity contribution in [3.05, 3.63) is 47.0 Å². The van der Waals surface area contributed by atoms with Gasteiger partial charge < -0.3 is 5.32 Å². The molecule has 18 heavy (non-hydrogen) atoms. The second kappa shape index (κ2) is 5.78. The Kier molecular flexibility index (Phi) is 4.10. The molecule has 0 saturated carbocycles. The van der Waals surface area contributed by atoms with E-state index in [1.807, 2.05) is 23.7 Å². The molecule has 2 rings (SSSR count). The minimum absolute atomic E-state index is 0.736. The number of nitrogens with one attached hydrogen (secondary N) is 1. The van der Waals surface area contributed by atoms with Crippen LogP contribution in [0.15, 0.2) is 24.3 Å². The van der Waals surface area contributed by atoms with E-state index in [0.29, 0.717) is 0 Å². The van der Waals surface area contributed by atoms with Gasteiger partial charge in [0.05, 0.1) is 23.6 Å². The lowest BCUT2D eigenvalue weighted by atomic mass is 10.3. The highest BCUT2D eigenvalue weighted by Gasteiger charge is 2.03. The van der Waals surface area contributed by atoms with Gasteiger partial charge in [-0.15, -0.1) is 0 Å². The lowest BCUT2D eigenvalue weighted by Crippen LogP contribution is -2.14. The first-order valence-corrected chi connectivity index (χ1v) is 6.35. The van der Waals surface area contributed by atoms with Crippen molar-refractivity contribution in [2.24, 2.45) is 0 Å². The molecule has 2 aromatic heterocycles. The summed E-state index contributed by atoms with van der Waals surface area (Å²) in [6, 6.07) is 8.24. The summed E-state index contributed by atoms with van der Waals surface area (Å²) in [4.78, 5) is 4.63. The van der Waals surface area contributed by atoms with Crippen LogP contribution in [0.4, 0.5) is 0 Å². The molecular weight excluding hydrogens is 224 g/mol. The van der Waals surface area contributed by atoms with Crippen molar-refractivity contribution in [2.75, 3.05) is 6.54 Å². The van der Waals surface area contributed by atoms with Gasteiger partial charge in [-0.3, -0.25) is 9.67 Å². The van der Waals surface area contributed by atoms with Gasteiger partial charge in [0, 0.05) is 12.2 Å². The first-order valence-electron chi connectivity index (χ1n) is 6.35. The van der Waals surface area contributed by atoms with Gasteiger partial charge in [0.2, 0.25) is 0 Å². The van der Waals surface area contributed by atoms with E-state index < -0.39 is 0 Å². The molecule has 96 valence electrons. The van der Waals surface area contributed by atoms with E-state index in [0.717, 1.165) is 36.7 Å². The van der Waals surface area contributed by atoms with Crippen molar-refractivity contribution in [3.8, 4) is 0 Å². The molecule has 0 aromatic carbocycles. The third-order valence-electron chi connectivity index (χ3n) is 2.84. The van der Waals surface area contributed by atoms with Gasteiger partial charge in [-0.25, -0.2) is 0 Å². The molecule has 0 aliphatic rings. The van der Waals surface area contributed by atoms with Gasteiger partial charge in [0.15, 0.2) is 0 Å². The Bertz CT molecular complexity index is 516. The van der Waals surface area contributed by atoms with Crippen molar-refractivity contribution >= 4 is 0 Å². The van der Waals surface area contributed by atoms with Gasteiger partial charge in [0.25, 0.3) is 0 Å². The molecule has 0 spiro atoms. The first-order chi connectivity index (χ1) is 8.69. The molecule has 0 saturated heterocycles. The van der Waals surface area contributed by atoms with E-state index in [4.69, 9.17) is 0 Å². The Labute approximate surface area is 108 Å². The molecule has 0 unspecified atom stereocenters. The summed E-state index contributed by atoms with van der Waals surface area (Å²) in [5.41, 5.74) is 4.36. The zero-order valence-electron chi connectivity index (χ0n) is 11.3. The third-order valence-corrected chi connectivity index (χ3v) is 2.84. The van der Waals surface area contributed by atoms with Crippen LogP contribution in [0.2, 0.25) is 0 Å². The number of pyridine rings is 1. The summed E-state index contributed by atoms with van der Waals surface area (Å²) in [5, 5.41) is 7.74. The minimum Gasteiger partial charge on any atom is -0.311 e. The summed E-state index contributed by atoms with van der Waals surface area (Å²) in [6.07, 6.45) is 0. The summed E-state index contributed by atoms with van der Waals surface area (Å²) < 4.78 is 1.99. The number of hydrogen-bond acceptors (Lipinski definition) is 3. The van der Waals surface area contributed by atoms with Crippen LogP contribution in [0.1, 0.15) is 29.7 Å². The monoisotopic (exact) mass is 244 g/mol. The fourth-order valence-electron chi connectivity index (χ4n) is 1.96. The van der Waals surface area contributed by atoms with Crippen molar-refractivity contribution in [1.82, 2.24) is 20.1 Å². The van der Waals surface area contributed by atoms with Crippen LogP contribution in [-0.2, 0) is 13.1 Å². The zero-order valence-corrected chi connectivity index (χ0v) is 11.3. The smallest absolute Gasteiger partial charge is 0.0834 e. The predicted molar refractivity (Wildman–Crippen MR) is 72.4 cm³/mol. The lowest BCUT2D eigenvalue weighted by Gasteiger charge is -2.06. The molecule has 0 bridgehead atoms. The number of nitrogens with zero attached hydrogens (tertiary/aromatic N) is 3. The van der Waals surface area contributed by atoms with Gasteiger partial charge in [0.1, 0.15) is 0 Å². The Morgan fingerprint density at radius 3 is 2.67 bits per heavy atom. The van der Waals surface area contributed by atoms with Crippen LogP contribution >= 0.6 is 0 Å². The van der Waals surface area contributed by atoms with E-state index in [-0.39, 0.29) is 0 Å². The minimum atomic E-state index is 0.736. The van der Waals surface area contributed by atoms with E-state index in [1.54, 1.807) is 0 Å². The molecule has 0 aliphatic heterocycles. The zero-order chi connectivity index (χ0) is 13.0. The van der Waals surface area contributed by atoms with Crippen LogP contribution in [-0.4, -0.2) is 21.3 Å². The lowest BCUT2D eigenvalue weighted by molar-refractivity contribution is 0.638. The molecule has 2 aromatic rings. The molecule has 0 amide bonds. The summed E-state index contributed by atoms with van der Waals surface area (Å²) in [7, 11) is 0. The Morgan fingerprint density at radius 2 is 2.00 bits per heavy atom. The third kappa shape index (κ3) is 3.17. The highest BCUT2D eigenvalue weighted by Crippen LogP contribution is 2.06. The van der Waals surface area contributed by atoms with Crippen LogP contribution in [0, 0.1) is 13.8 Å². The summed E-state index contributed by atoms with van der Waals surface area (Å²) in [5.74, 6) is 0. The number of hydrogen-bond donors (Lipinski definition) is 1. The molecule has 2 heterocycles. The normalized spacial score (nSPS) is 10.8. The number of aryl methyl sites for hydroxylation is 2. The average Bonchev–Trinajstić information content (AvgIpc) is 2.66. The summed E-state index contributed by atoms with van der Waals surface area (Å²) in [6.45, 7) is 8.70. The van der Waals surface area contributed by atoms with E-state index in [9.17, 15) is 0 Å². The fraction of sp³-hybridized carbons (Fsp3) is 0.429. The predicted octanol–water partition coefficient (Wildman–Crippen LogP) is 2.05. The van der Waals surface area contributed by atoms with Crippen LogP contribution in [0.3, 0.4) is 0 Å². The molecular formula is C14H20N4. The Balaban J connectivity index is 2.11. The molecule has 4 nitrogen and oxygen atoms in total. The van der Waals surface area contributed by atoms with Gasteiger partial charge >= 0.3 is 0 Å². The summed E-state index contributed by atoms with van der Waals surface area (Å²) >= 11 is 0. The SMILES string of the molecule is CCNCc1cccc(Cn2nc(C)cc2C)n1. The average molecular weight is 244 g/mol. The first kappa shape index (κ1) is 12.8. The quantitative estimate of drug-likeness (QED) is 0.875. The van der Waals surface area contributed by atoms with E-state index in [1.165, 1.54) is 5.69 Å². The van der Waals surface area contributed by atoms with Crippen molar-refractivity contribution in [3.63, 3.8) is 0 Å². The van der Waals surface area contributed by atoms with Gasteiger partial charge in [-0.05, 0) is 38.6 Å². The van der Waals surface area contributed by atoms with Crippen LogP contribution in [0.5, 0.6) is 0 Å². The Hall–Kier alpha value is -1.68. The molecule has 0 aliphatic carbocycles. The highest BCUT2D eigenvalue weighted by atomic mass is 15.3. The number of rotatable bonds is 5. The van der Waals surface area contributed by atoms with Crippen LogP contribution in [0.25, 0.3) is 0 Å². The molecule has 0 atom stereocenters. The van der Waals surface area contributed by atoms with Crippen LogP contribution < -0.4 is 5.32 Å². The second-order valence-electron chi connectivity index (χ2n) is 4.49. The maximum atomic E-state index is 4.63. The topological polar surface area (TPSA) is 42.7 Å².